The van der Waals surface area contributed by atoms with Gasteiger partial charge in [0.25, 0.3) is 11.8 Å². The van der Waals surface area contributed by atoms with Gasteiger partial charge >= 0.3 is 0 Å². The van der Waals surface area contributed by atoms with E-state index in [1.165, 1.54) is 17.0 Å². The zero-order valence-electron chi connectivity index (χ0n) is 17.2. The van der Waals surface area contributed by atoms with Gasteiger partial charge in [-0.25, -0.2) is 0 Å². The van der Waals surface area contributed by atoms with Crippen molar-refractivity contribution in [3.05, 3.63) is 92.8 Å². The smallest absolute Gasteiger partial charge is 0.276 e. The Morgan fingerprint density at radius 1 is 0.912 bits per heavy atom. The molecule has 0 spiro atoms. The van der Waals surface area contributed by atoms with Crippen molar-refractivity contribution in [1.29, 1.82) is 0 Å². The highest BCUT2D eigenvalue weighted by Crippen LogP contribution is 2.37. The van der Waals surface area contributed by atoms with Gasteiger partial charge in [-0.1, -0.05) is 35.3 Å². The summed E-state index contributed by atoms with van der Waals surface area (Å²) in [6, 6.07) is 18.2. The number of hydrogen-bond acceptors (Lipinski definition) is 6. The maximum Gasteiger partial charge on any atom is 0.276 e. The zero-order valence-corrected chi connectivity index (χ0v) is 19.5. The first-order valence-corrected chi connectivity index (χ1v) is 11.5. The largest absolute Gasteiger partial charge is 0.508 e. The van der Waals surface area contributed by atoms with Crippen molar-refractivity contribution in [1.82, 2.24) is 0 Å². The molecule has 3 aromatic rings. The molecule has 0 radical (unpaired) electrons. The number of nitrogens with one attached hydrogen (secondary N) is 1. The number of fused-ring (bicyclic) bond motifs is 1. The fourth-order valence-electron chi connectivity index (χ4n) is 3.40. The Balaban J connectivity index is 1.57. The van der Waals surface area contributed by atoms with E-state index in [1.807, 2.05) is 0 Å². The number of rotatable bonds is 3. The van der Waals surface area contributed by atoms with E-state index in [-0.39, 0.29) is 22.5 Å². The van der Waals surface area contributed by atoms with Crippen molar-refractivity contribution >= 4 is 75.1 Å². The highest BCUT2D eigenvalue weighted by atomic mass is 35.5. The van der Waals surface area contributed by atoms with Crippen LogP contribution in [0.2, 0.25) is 10.0 Å². The summed E-state index contributed by atoms with van der Waals surface area (Å²) in [6.45, 7) is 0. The average molecular weight is 509 g/mol. The third-order valence-electron chi connectivity index (χ3n) is 5.02. The third-order valence-corrected chi connectivity index (χ3v) is 6.46. The van der Waals surface area contributed by atoms with E-state index in [2.05, 4.69) is 15.5 Å². The summed E-state index contributed by atoms with van der Waals surface area (Å²) in [4.78, 5) is 27.6. The van der Waals surface area contributed by atoms with Gasteiger partial charge in [0.1, 0.15) is 5.75 Å². The summed E-state index contributed by atoms with van der Waals surface area (Å²) in [7, 11) is 0. The summed E-state index contributed by atoms with van der Waals surface area (Å²) in [5.74, 6) is -0.587. The SMILES string of the molecule is O=C1Nc2ccc(Cl)cc2C1=NN=C1SC(=Cc2ccc(O)cc2)C(=O)N1c1ccc(Cl)cc1. The Labute approximate surface area is 208 Å². The molecule has 1 fully saturated rings. The molecule has 2 aliphatic rings. The van der Waals surface area contributed by atoms with Crippen molar-refractivity contribution in [3.63, 3.8) is 0 Å². The standard InChI is InChI=1S/C24H14Cl2N4O3S/c25-14-3-6-16(7-4-14)30-23(33)20(11-13-1-8-17(31)9-2-13)34-24(30)29-28-21-18-12-15(26)5-10-19(18)27-22(21)32/h1-12,31H,(H,27,28,32). The van der Waals surface area contributed by atoms with Gasteiger partial charge in [0.2, 0.25) is 5.17 Å². The fourth-order valence-corrected chi connectivity index (χ4v) is 4.63. The third kappa shape index (κ3) is 4.31. The van der Waals surface area contributed by atoms with Gasteiger partial charge in [-0.05, 0) is 78.0 Å². The number of phenols is 1. The summed E-state index contributed by atoms with van der Waals surface area (Å²) < 4.78 is 0. The maximum absolute atomic E-state index is 13.3. The lowest BCUT2D eigenvalue weighted by atomic mass is 10.1. The molecule has 168 valence electrons. The Kier molecular flexibility index (Phi) is 5.87. The van der Waals surface area contributed by atoms with Gasteiger partial charge in [-0.15, -0.1) is 10.2 Å². The minimum atomic E-state index is -0.408. The Morgan fingerprint density at radius 3 is 2.35 bits per heavy atom. The van der Waals surface area contributed by atoms with E-state index in [1.54, 1.807) is 60.7 Å². The highest BCUT2D eigenvalue weighted by Gasteiger charge is 2.35. The van der Waals surface area contributed by atoms with Crippen molar-refractivity contribution < 1.29 is 14.7 Å². The molecule has 0 aliphatic carbocycles. The molecule has 0 atom stereocenters. The molecular weight excluding hydrogens is 495 g/mol. The molecule has 2 heterocycles. The zero-order chi connectivity index (χ0) is 23.8. The number of hydrogen-bond donors (Lipinski definition) is 2. The highest BCUT2D eigenvalue weighted by molar-refractivity contribution is 8.19. The molecule has 10 heteroatoms. The lowest BCUT2D eigenvalue weighted by Crippen LogP contribution is -2.28. The monoisotopic (exact) mass is 508 g/mol. The fraction of sp³-hybridized carbons (Fsp3) is 0. The second kappa shape index (κ2) is 8.98. The van der Waals surface area contributed by atoms with E-state index in [0.717, 1.165) is 17.3 Å². The second-order valence-corrected chi connectivity index (χ2v) is 9.18. The number of thioether (sulfide) groups is 1. The molecule has 2 amide bonds. The summed E-state index contributed by atoms with van der Waals surface area (Å²) in [6.07, 6.45) is 1.70. The van der Waals surface area contributed by atoms with E-state index < -0.39 is 5.91 Å². The number of anilines is 2. The van der Waals surface area contributed by atoms with Crippen LogP contribution in [0.25, 0.3) is 6.08 Å². The molecule has 1 saturated heterocycles. The predicted octanol–water partition coefficient (Wildman–Crippen LogP) is 5.53. The lowest BCUT2D eigenvalue weighted by molar-refractivity contribution is -0.113. The number of aromatic hydroxyl groups is 1. The molecule has 0 saturated carbocycles. The number of nitrogens with zero attached hydrogens (tertiary/aromatic N) is 3. The van der Waals surface area contributed by atoms with E-state index in [0.29, 0.717) is 31.9 Å². The van der Waals surface area contributed by atoms with Gasteiger partial charge in [0, 0.05) is 15.6 Å². The first-order chi connectivity index (χ1) is 16.4. The van der Waals surface area contributed by atoms with Crippen molar-refractivity contribution in [3.8, 4) is 5.75 Å². The quantitative estimate of drug-likeness (QED) is 0.359. The van der Waals surface area contributed by atoms with Gasteiger partial charge < -0.3 is 10.4 Å². The summed E-state index contributed by atoms with van der Waals surface area (Å²) in [5.41, 5.74) is 2.51. The first kappa shape index (κ1) is 22.2. The average Bonchev–Trinajstić information content (AvgIpc) is 3.29. The molecule has 3 aromatic carbocycles. The Hall–Kier alpha value is -3.59. The first-order valence-electron chi connectivity index (χ1n) is 9.94. The second-order valence-electron chi connectivity index (χ2n) is 7.29. The van der Waals surface area contributed by atoms with Crippen LogP contribution < -0.4 is 10.2 Å². The van der Waals surface area contributed by atoms with Crippen LogP contribution in [0.15, 0.2) is 81.8 Å². The predicted molar refractivity (Wildman–Crippen MR) is 137 cm³/mol. The Bertz CT molecular complexity index is 1420. The van der Waals surface area contributed by atoms with Gasteiger partial charge in [-0.3, -0.25) is 14.5 Å². The van der Waals surface area contributed by atoms with Crippen LogP contribution in [0.3, 0.4) is 0 Å². The van der Waals surface area contributed by atoms with Crippen LogP contribution in [0.5, 0.6) is 5.75 Å². The summed E-state index contributed by atoms with van der Waals surface area (Å²) >= 11 is 13.2. The van der Waals surface area contributed by atoms with Crippen LogP contribution in [0.1, 0.15) is 11.1 Å². The Morgan fingerprint density at radius 2 is 1.62 bits per heavy atom. The van der Waals surface area contributed by atoms with E-state index in [9.17, 15) is 14.7 Å². The molecular formula is C24H14Cl2N4O3S. The number of amidine groups is 1. The van der Waals surface area contributed by atoms with Crippen LogP contribution >= 0.6 is 35.0 Å². The number of benzene rings is 3. The summed E-state index contributed by atoms with van der Waals surface area (Å²) in [5, 5.41) is 22.0. The number of phenolic OH excluding ortho intramolecular Hbond substituents is 1. The van der Waals surface area contributed by atoms with Crippen LogP contribution in [0.4, 0.5) is 11.4 Å². The van der Waals surface area contributed by atoms with Crippen molar-refractivity contribution in [2.24, 2.45) is 10.2 Å². The van der Waals surface area contributed by atoms with E-state index >= 15 is 0 Å². The molecule has 2 aliphatic heterocycles. The van der Waals surface area contributed by atoms with Crippen LogP contribution in [-0.2, 0) is 9.59 Å². The van der Waals surface area contributed by atoms with Crippen molar-refractivity contribution in [2.45, 2.75) is 0 Å². The van der Waals surface area contributed by atoms with Gasteiger partial charge in [0.15, 0.2) is 5.71 Å². The minimum Gasteiger partial charge on any atom is -0.508 e. The number of halogens is 2. The maximum atomic E-state index is 13.3. The normalized spacial score (nSPS) is 18.8. The number of carbonyl (C=O) groups excluding carboxylic acids is 2. The van der Waals surface area contributed by atoms with E-state index in [4.69, 9.17) is 23.2 Å². The van der Waals surface area contributed by atoms with Gasteiger partial charge in [-0.2, -0.15) is 0 Å². The molecule has 0 unspecified atom stereocenters. The lowest BCUT2D eigenvalue weighted by Gasteiger charge is -2.14. The molecule has 2 N–H and O–H groups in total. The topological polar surface area (TPSA) is 94.4 Å². The minimum absolute atomic E-state index is 0.102. The number of carbonyl (C=O) groups is 2. The molecule has 5 rings (SSSR count). The van der Waals surface area contributed by atoms with Crippen LogP contribution in [0, 0.1) is 0 Å². The van der Waals surface area contributed by atoms with Crippen LogP contribution in [-0.4, -0.2) is 27.8 Å². The molecule has 34 heavy (non-hydrogen) atoms. The molecule has 7 nitrogen and oxygen atoms in total. The molecule has 0 aromatic heterocycles. The van der Waals surface area contributed by atoms with Gasteiger partial charge in [0.05, 0.1) is 16.3 Å². The number of amides is 2. The molecule has 0 bridgehead atoms. The van der Waals surface area contributed by atoms with Crippen molar-refractivity contribution in [2.75, 3.05) is 10.2 Å².